The zero-order valence-corrected chi connectivity index (χ0v) is 22.1. The van der Waals surface area contributed by atoms with Gasteiger partial charge in [0.25, 0.3) is 5.56 Å². The number of ether oxygens (including phenoxy) is 2. The molecular formula is C28H25ClN4O3S. The Balaban J connectivity index is 1.71. The minimum atomic E-state index is -0.257. The summed E-state index contributed by atoms with van der Waals surface area (Å²) in [5.41, 5.74) is 4.20. The van der Waals surface area contributed by atoms with E-state index in [1.54, 1.807) is 32.3 Å². The highest BCUT2D eigenvalue weighted by Crippen LogP contribution is 2.39. The molecule has 0 aliphatic carbocycles. The van der Waals surface area contributed by atoms with Crippen molar-refractivity contribution in [3.63, 3.8) is 0 Å². The van der Waals surface area contributed by atoms with Crippen molar-refractivity contribution in [3.8, 4) is 22.6 Å². The zero-order valence-electron chi connectivity index (χ0n) is 20.5. The fourth-order valence-corrected chi connectivity index (χ4v) is 5.07. The minimum absolute atomic E-state index is 0.226. The van der Waals surface area contributed by atoms with Gasteiger partial charge in [-0.05, 0) is 53.7 Å². The Morgan fingerprint density at radius 2 is 1.81 bits per heavy atom. The van der Waals surface area contributed by atoms with Gasteiger partial charge in [-0.25, -0.2) is 5.01 Å². The monoisotopic (exact) mass is 532 g/mol. The smallest absolute Gasteiger partial charge is 0.258 e. The van der Waals surface area contributed by atoms with Crippen LogP contribution in [-0.2, 0) is 0 Å². The second-order valence-corrected chi connectivity index (χ2v) is 9.36. The summed E-state index contributed by atoms with van der Waals surface area (Å²) in [6.45, 7) is 0. The SMILES string of the molecule is CNC(=S)N1N=C(c2c(-c3ccccc3)c3cc(Cl)ccc3[nH]c2=O)CC1c1ccc(OC)c(OC)c1. The molecule has 3 aromatic carbocycles. The Hall–Kier alpha value is -3.88. The number of benzene rings is 3. The molecule has 2 heterocycles. The molecule has 1 aliphatic heterocycles. The molecule has 1 aliphatic rings. The normalized spacial score (nSPS) is 15.0. The van der Waals surface area contributed by atoms with Gasteiger partial charge in [-0.2, -0.15) is 5.10 Å². The molecule has 188 valence electrons. The molecule has 0 bridgehead atoms. The predicted octanol–water partition coefficient (Wildman–Crippen LogP) is 5.52. The van der Waals surface area contributed by atoms with E-state index in [1.807, 2.05) is 60.7 Å². The van der Waals surface area contributed by atoms with Gasteiger partial charge in [-0.1, -0.05) is 48.0 Å². The third-order valence-corrected chi connectivity index (χ3v) is 7.08. The second-order valence-electron chi connectivity index (χ2n) is 8.54. The molecule has 1 unspecified atom stereocenters. The lowest BCUT2D eigenvalue weighted by Crippen LogP contribution is -2.34. The van der Waals surface area contributed by atoms with Crippen LogP contribution >= 0.6 is 23.8 Å². The molecule has 4 aromatic rings. The van der Waals surface area contributed by atoms with Gasteiger partial charge in [0.15, 0.2) is 16.6 Å². The van der Waals surface area contributed by atoms with Crippen LogP contribution in [0.5, 0.6) is 11.5 Å². The van der Waals surface area contributed by atoms with E-state index in [2.05, 4.69) is 10.3 Å². The predicted molar refractivity (Wildman–Crippen MR) is 152 cm³/mol. The molecule has 0 saturated heterocycles. The van der Waals surface area contributed by atoms with Crippen molar-refractivity contribution in [2.75, 3.05) is 21.3 Å². The number of thiocarbonyl (C=S) groups is 1. The van der Waals surface area contributed by atoms with Crippen LogP contribution in [0.2, 0.25) is 5.02 Å². The summed E-state index contributed by atoms with van der Waals surface area (Å²) in [6, 6.07) is 20.7. The summed E-state index contributed by atoms with van der Waals surface area (Å²) in [5, 5.41) is 11.5. The Labute approximate surface area is 224 Å². The number of fused-ring (bicyclic) bond motifs is 1. The number of aromatic amines is 1. The van der Waals surface area contributed by atoms with Crippen molar-refractivity contribution in [2.45, 2.75) is 12.5 Å². The van der Waals surface area contributed by atoms with E-state index in [-0.39, 0.29) is 11.6 Å². The summed E-state index contributed by atoms with van der Waals surface area (Å²) in [5.74, 6) is 1.23. The van der Waals surface area contributed by atoms with Crippen LogP contribution in [0.3, 0.4) is 0 Å². The number of hydrogen-bond acceptors (Lipinski definition) is 5. The number of H-pyrrole nitrogens is 1. The Kier molecular flexibility index (Phi) is 6.86. The van der Waals surface area contributed by atoms with Gasteiger partial charge in [-0.3, -0.25) is 4.79 Å². The molecule has 0 radical (unpaired) electrons. The number of rotatable bonds is 5. The number of aromatic nitrogens is 1. The van der Waals surface area contributed by atoms with Crippen LogP contribution in [0, 0.1) is 0 Å². The lowest BCUT2D eigenvalue weighted by Gasteiger charge is -2.24. The fourth-order valence-electron chi connectivity index (χ4n) is 4.73. The standard InChI is InChI=1S/C28H25ClN4O3S/c1-30-28(37)33-22(17-9-12-23(35-2)24(13-17)36-3)15-21(32-33)26-25(16-7-5-4-6-8-16)19-14-18(29)10-11-20(19)31-27(26)34/h4-14,22H,15H2,1-3H3,(H,30,37)(H,31,34). The summed E-state index contributed by atoms with van der Waals surface area (Å²) in [7, 11) is 4.95. The van der Waals surface area contributed by atoms with E-state index in [1.165, 1.54) is 0 Å². The molecule has 0 amide bonds. The first-order valence-corrected chi connectivity index (χ1v) is 12.5. The molecule has 0 spiro atoms. The van der Waals surface area contributed by atoms with Crippen LogP contribution in [0.1, 0.15) is 23.6 Å². The lowest BCUT2D eigenvalue weighted by atomic mass is 9.91. The van der Waals surface area contributed by atoms with E-state index >= 15 is 0 Å². The Morgan fingerprint density at radius 1 is 1.05 bits per heavy atom. The Morgan fingerprint density at radius 3 is 2.51 bits per heavy atom. The number of hydrazone groups is 1. The average molecular weight is 533 g/mol. The van der Waals surface area contributed by atoms with Crippen molar-refractivity contribution in [2.24, 2.45) is 5.10 Å². The topological polar surface area (TPSA) is 79.0 Å². The van der Waals surface area contributed by atoms with E-state index in [0.29, 0.717) is 44.8 Å². The summed E-state index contributed by atoms with van der Waals surface area (Å²) in [6.07, 6.45) is 0.451. The third-order valence-electron chi connectivity index (χ3n) is 6.45. The maximum absolute atomic E-state index is 13.6. The maximum Gasteiger partial charge on any atom is 0.258 e. The van der Waals surface area contributed by atoms with E-state index in [9.17, 15) is 4.79 Å². The quantitative estimate of drug-likeness (QED) is 0.329. The first-order chi connectivity index (χ1) is 17.9. The Bertz CT molecular complexity index is 1590. The van der Waals surface area contributed by atoms with Crippen LogP contribution in [0.4, 0.5) is 0 Å². The van der Waals surface area contributed by atoms with Crippen LogP contribution < -0.4 is 20.3 Å². The number of pyridine rings is 1. The van der Waals surface area contributed by atoms with Crippen molar-refractivity contribution in [1.29, 1.82) is 0 Å². The van der Waals surface area contributed by atoms with Crippen molar-refractivity contribution in [1.82, 2.24) is 15.3 Å². The highest BCUT2D eigenvalue weighted by atomic mass is 35.5. The molecule has 7 nitrogen and oxygen atoms in total. The summed E-state index contributed by atoms with van der Waals surface area (Å²) in [4.78, 5) is 16.6. The third kappa shape index (κ3) is 4.54. The molecule has 0 saturated carbocycles. The number of nitrogens with zero attached hydrogens (tertiary/aromatic N) is 2. The van der Waals surface area contributed by atoms with Gasteiger partial charge in [0, 0.05) is 35.0 Å². The van der Waals surface area contributed by atoms with Gasteiger partial charge in [0.1, 0.15) is 0 Å². The van der Waals surface area contributed by atoms with Gasteiger partial charge < -0.3 is 19.8 Å². The molecule has 37 heavy (non-hydrogen) atoms. The van der Waals surface area contributed by atoms with Gasteiger partial charge in [0.2, 0.25) is 0 Å². The molecule has 9 heteroatoms. The maximum atomic E-state index is 13.6. The average Bonchev–Trinajstić information content (AvgIpc) is 3.37. The molecule has 5 rings (SSSR count). The highest BCUT2D eigenvalue weighted by molar-refractivity contribution is 7.80. The van der Waals surface area contributed by atoms with Crippen molar-refractivity contribution >= 4 is 45.5 Å². The number of halogens is 1. The van der Waals surface area contributed by atoms with Gasteiger partial charge in [-0.15, -0.1) is 0 Å². The minimum Gasteiger partial charge on any atom is -0.493 e. The molecule has 2 N–H and O–H groups in total. The summed E-state index contributed by atoms with van der Waals surface area (Å²) < 4.78 is 10.9. The lowest BCUT2D eigenvalue weighted by molar-refractivity contribution is 0.346. The summed E-state index contributed by atoms with van der Waals surface area (Å²) >= 11 is 12.0. The number of methoxy groups -OCH3 is 2. The number of hydrogen-bond donors (Lipinski definition) is 2. The fraction of sp³-hybridized carbons (Fsp3) is 0.179. The molecule has 0 fully saturated rings. The molecular weight excluding hydrogens is 508 g/mol. The molecule has 1 aromatic heterocycles. The van der Waals surface area contributed by atoms with E-state index in [4.69, 9.17) is 38.4 Å². The van der Waals surface area contributed by atoms with Crippen LogP contribution in [-0.4, -0.2) is 42.1 Å². The highest BCUT2D eigenvalue weighted by Gasteiger charge is 2.34. The zero-order chi connectivity index (χ0) is 26.1. The van der Waals surface area contributed by atoms with E-state index in [0.717, 1.165) is 22.1 Å². The number of nitrogens with one attached hydrogen (secondary N) is 2. The van der Waals surface area contributed by atoms with E-state index < -0.39 is 0 Å². The van der Waals surface area contributed by atoms with Gasteiger partial charge in [0.05, 0.1) is 31.5 Å². The van der Waals surface area contributed by atoms with Gasteiger partial charge >= 0.3 is 0 Å². The van der Waals surface area contributed by atoms with Crippen LogP contribution in [0.25, 0.3) is 22.0 Å². The second kappa shape index (κ2) is 10.2. The molecule has 1 atom stereocenters. The first-order valence-electron chi connectivity index (χ1n) is 11.7. The first kappa shape index (κ1) is 24.8. The van der Waals surface area contributed by atoms with Crippen LogP contribution in [0.15, 0.2) is 76.6 Å². The largest absolute Gasteiger partial charge is 0.493 e. The van der Waals surface area contributed by atoms with Crippen molar-refractivity contribution in [3.05, 3.63) is 93.2 Å². The van der Waals surface area contributed by atoms with Crippen molar-refractivity contribution < 1.29 is 9.47 Å².